The van der Waals surface area contributed by atoms with Gasteiger partial charge in [0.05, 0.1) is 12.3 Å². The molecule has 6 nitrogen and oxygen atoms in total. The number of nitrogens with two attached hydrogens (primary N) is 1. The summed E-state index contributed by atoms with van der Waals surface area (Å²) in [5, 5.41) is 2.58. The first kappa shape index (κ1) is 15.3. The predicted octanol–water partition coefficient (Wildman–Crippen LogP) is 0.199. The smallest absolute Gasteiger partial charge is 0.221 e. The Balaban J connectivity index is 2.17. The van der Waals surface area contributed by atoms with Crippen LogP contribution < -0.4 is 15.8 Å². The van der Waals surface area contributed by atoms with Crippen LogP contribution in [0.1, 0.15) is 6.42 Å². The SMILES string of the molecule is CS(=O)(=O)CCC(=O)NCCOc1ccc(N)cc1. The van der Waals surface area contributed by atoms with Gasteiger partial charge in [-0.15, -0.1) is 0 Å². The third-order valence-electron chi connectivity index (χ3n) is 2.27. The Morgan fingerprint density at radius 3 is 2.53 bits per heavy atom. The van der Waals surface area contributed by atoms with E-state index in [4.69, 9.17) is 10.5 Å². The summed E-state index contributed by atoms with van der Waals surface area (Å²) in [7, 11) is -3.10. The van der Waals surface area contributed by atoms with Gasteiger partial charge in [0.2, 0.25) is 5.91 Å². The molecule has 0 saturated heterocycles. The van der Waals surface area contributed by atoms with Crippen molar-refractivity contribution in [3.63, 3.8) is 0 Å². The number of anilines is 1. The molecule has 1 aromatic rings. The van der Waals surface area contributed by atoms with Crippen LogP contribution in [0.4, 0.5) is 5.69 Å². The number of sulfone groups is 1. The first-order chi connectivity index (χ1) is 8.87. The summed E-state index contributed by atoms with van der Waals surface area (Å²) in [6.07, 6.45) is 1.07. The number of ether oxygens (including phenoxy) is 1. The van der Waals surface area contributed by atoms with E-state index in [9.17, 15) is 13.2 Å². The van der Waals surface area contributed by atoms with Crippen molar-refractivity contribution in [3.8, 4) is 5.75 Å². The molecule has 0 fully saturated rings. The molecule has 0 radical (unpaired) electrons. The van der Waals surface area contributed by atoms with Gasteiger partial charge in [-0.2, -0.15) is 0 Å². The normalized spacial score (nSPS) is 11.0. The molecule has 0 saturated carbocycles. The summed E-state index contributed by atoms with van der Waals surface area (Å²) in [6.45, 7) is 0.640. The summed E-state index contributed by atoms with van der Waals surface area (Å²) in [5.41, 5.74) is 6.18. The van der Waals surface area contributed by atoms with Crippen LogP contribution in [-0.2, 0) is 14.6 Å². The van der Waals surface area contributed by atoms with Crippen LogP contribution in [0.15, 0.2) is 24.3 Å². The molecule has 7 heteroatoms. The fourth-order valence-electron chi connectivity index (χ4n) is 1.29. The second-order valence-corrected chi connectivity index (χ2v) is 6.41. The van der Waals surface area contributed by atoms with Gasteiger partial charge in [-0.25, -0.2) is 8.42 Å². The Labute approximate surface area is 112 Å². The molecular weight excluding hydrogens is 268 g/mol. The first-order valence-electron chi connectivity index (χ1n) is 5.79. The number of nitrogen functional groups attached to an aromatic ring is 1. The monoisotopic (exact) mass is 286 g/mol. The van der Waals surface area contributed by atoms with E-state index in [1.165, 1.54) is 0 Å². The van der Waals surface area contributed by atoms with Crippen LogP contribution in [-0.4, -0.2) is 39.5 Å². The zero-order chi connectivity index (χ0) is 14.3. The minimum Gasteiger partial charge on any atom is -0.492 e. The first-order valence-corrected chi connectivity index (χ1v) is 7.85. The number of benzene rings is 1. The predicted molar refractivity (Wildman–Crippen MR) is 73.7 cm³/mol. The molecule has 106 valence electrons. The van der Waals surface area contributed by atoms with E-state index in [-0.39, 0.29) is 18.1 Å². The van der Waals surface area contributed by atoms with Crippen LogP contribution in [0.25, 0.3) is 0 Å². The van der Waals surface area contributed by atoms with Gasteiger partial charge in [0.1, 0.15) is 22.2 Å². The van der Waals surface area contributed by atoms with Gasteiger partial charge in [0.15, 0.2) is 0 Å². The highest BCUT2D eigenvalue weighted by molar-refractivity contribution is 7.90. The van der Waals surface area contributed by atoms with Crippen LogP contribution in [0.5, 0.6) is 5.75 Å². The average Bonchev–Trinajstić information content (AvgIpc) is 2.33. The summed E-state index contributed by atoms with van der Waals surface area (Å²) in [6, 6.07) is 6.92. The molecule has 1 aromatic carbocycles. The van der Waals surface area contributed by atoms with E-state index < -0.39 is 9.84 Å². The molecule has 19 heavy (non-hydrogen) atoms. The van der Waals surface area contributed by atoms with E-state index in [0.717, 1.165) is 6.26 Å². The number of nitrogens with one attached hydrogen (secondary N) is 1. The van der Waals surface area contributed by atoms with E-state index in [1.807, 2.05) is 0 Å². The fourth-order valence-corrected chi connectivity index (χ4v) is 1.85. The molecule has 0 aliphatic rings. The van der Waals surface area contributed by atoms with Crippen molar-refractivity contribution in [2.45, 2.75) is 6.42 Å². The molecule has 0 heterocycles. The molecule has 1 rings (SSSR count). The Morgan fingerprint density at radius 1 is 1.32 bits per heavy atom. The van der Waals surface area contributed by atoms with Crippen molar-refractivity contribution in [3.05, 3.63) is 24.3 Å². The number of hydrogen-bond donors (Lipinski definition) is 2. The van der Waals surface area contributed by atoms with Crippen molar-refractivity contribution in [1.29, 1.82) is 0 Å². The highest BCUT2D eigenvalue weighted by atomic mass is 32.2. The summed E-state index contributed by atoms with van der Waals surface area (Å²) >= 11 is 0. The Bertz CT molecular complexity index is 511. The van der Waals surface area contributed by atoms with E-state index in [1.54, 1.807) is 24.3 Å². The Kier molecular flexibility index (Phi) is 5.62. The minimum absolute atomic E-state index is 0.0271. The topological polar surface area (TPSA) is 98.5 Å². The lowest BCUT2D eigenvalue weighted by molar-refractivity contribution is -0.120. The van der Waals surface area contributed by atoms with Gasteiger partial charge in [-0.3, -0.25) is 4.79 Å². The van der Waals surface area contributed by atoms with Gasteiger partial charge in [0, 0.05) is 18.4 Å². The van der Waals surface area contributed by atoms with Crippen molar-refractivity contribution in [2.75, 3.05) is 30.9 Å². The maximum Gasteiger partial charge on any atom is 0.221 e. The van der Waals surface area contributed by atoms with Gasteiger partial charge in [0.25, 0.3) is 0 Å². The lowest BCUT2D eigenvalue weighted by Gasteiger charge is -2.07. The second-order valence-electron chi connectivity index (χ2n) is 4.15. The maximum absolute atomic E-state index is 11.3. The number of carbonyl (C=O) groups excluding carboxylic acids is 1. The van der Waals surface area contributed by atoms with E-state index >= 15 is 0 Å². The molecule has 1 amide bonds. The molecule has 0 spiro atoms. The summed E-state index contributed by atoms with van der Waals surface area (Å²) < 4.78 is 27.1. The zero-order valence-electron chi connectivity index (χ0n) is 10.8. The summed E-state index contributed by atoms with van der Waals surface area (Å²) in [5.74, 6) is 0.225. The molecule has 0 bridgehead atoms. The number of hydrogen-bond acceptors (Lipinski definition) is 5. The van der Waals surface area contributed by atoms with Gasteiger partial charge < -0.3 is 15.8 Å². The van der Waals surface area contributed by atoms with Crippen LogP contribution in [0.3, 0.4) is 0 Å². The standard InChI is InChI=1S/C12H18N2O4S/c1-19(16,17)9-6-12(15)14-7-8-18-11-4-2-10(13)3-5-11/h2-5H,6-9,13H2,1H3,(H,14,15). The van der Waals surface area contributed by atoms with Crippen molar-refractivity contribution in [1.82, 2.24) is 5.32 Å². The van der Waals surface area contributed by atoms with E-state index in [0.29, 0.717) is 24.6 Å². The Hall–Kier alpha value is -1.76. The minimum atomic E-state index is -3.10. The van der Waals surface area contributed by atoms with E-state index in [2.05, 4.69) is 5.32 Å². The van der Waals surface area contributed by atoms with Crippen LogP contribution in [0, 0.1) is 0 Å². The Morgan fingerprint density at radius 2 is 1.95 bits per heavy atom. The lowest BCUT2D eigenvalue weighted by Crippen LogP contribution is -2.29. The third-order valence-corrected chi connectivity index (χ3v) is 3.22. The second kappa shape index (κ2) is 6.98. The molecular formula is C12H18N2O4S. The number of carbonyl (C=O) groups is 1. The van der Waals surface area contributed by atoms with Crippen molar-refractivity contribution in [2.24, 2.45) is 0 Å². The van der Waals surface area contributed by atoms with Crippen LogP contribution >= 0.6 is 0 Å². The van der Waals surface area contributed by atoms with Crippen molar-refractivity contribution >= 4 is 21.4 Å². The molecule has 0 unspecified atom stereocenters. The quantitative estimate of drug-likeness (QED) is 0.551. The van der Waals surface area contributed by atoms with Gasteiger partial charge in [-0.1, -0.05) is 0 Å². The molecule has 3 N–H and O–H groups in total. The third kappa shape index (κ3) is 7.30. The van der Waals surface area contributed by atoms with Gasteiger partial charge >= 0.3 is 0 Å². The largest absolute Gasteiger partial charge is 0.492 e. The zero-order valence-corrected chi connectivity index (χ0v) is 11.6. The van der Waals surface area contributed by atoms with Crippen LogP contribution in [0.2, 0.25) is 0 Å². The van der Waals surface area contributed by atoms with Gasteiger partial charge in [-0.05, 0) is 24.3 Å². The number of amides is 1. The highest BCUT2D eigenvalue weighted by Crippen LogP contribution is 2.12. The van der Waals surface area contributed by atoms with Crippen molar-refractivity contribution < 1.29 is 17.9 Å². The number of rotatable bonds is 7. The lowest BCUT2D eigenvalue weighted by atomic mass is 10.3. The fraction of sp³-hybridized carbons (Fsp3) is 0.417. The summed E-state index contributed by atoms with van der Waals surface area (Å²) in [4.78, 5) is 11.3. The molecule has 0 aliphatic heterocycles. The average molecular weight is 286 g/mol. The maximum atomic E-state index is 11.3. The molecule has 0 aromatic heterocycles. The highest BCUT2D eigenvalue weighted by Gasteiger charge is 2.07. The molecule has 0 aliphatic carbocycles. The molecule has 0 atom stereocenters.